The third-order valence-corrected chi connectivity index (χ3v) is 5.06. The van der Waals surface area contributed by atoms with Crippen LogP contribution in [0.4, 0.5) is 11.4 Å². The Kier molecular flexibility index (Phi) is 5.90. The number of rotatable bonds is 4. The van der Waals surface area contributed by atoms with E-state index in [0.717, 1.165) is 11.1 Å². The Balaban J connectivity index is 1.97. The average molecular weight is 452 g/mol. The predicted molar refractivity (Wildman–Crippen MR) is 126 cm³/mol. The second kappa shape index (κ2) is 8.75. The third kappa shape index (κ3) is 4.11. The van der Waals surface area contributed by atoms with Gasteiger partial charge in [-0.05, 0) is 30.4 Å². The Morgan fingerprint density at radius 1 is 0.867 bits per heavy atom. The summed E-state index contributed by atoms with van der Waals surface area (Å²) in [6.07, 6.45) is 0. The minimum atomic E-state index is 0.105. The van der Waals surface area contributed by atoms with Gasteiger partial charge in [-0.3, -0.25) is 0 Å². The molecule has 3 aromatic carbocycles. The van der Waals surface area contributed by atoms with E-state index in [2.05, 4.69) is 15.3 Å². The quantitative estimate of drug-likeness (QED) is 0.267. The normalized spacial score (nSPS) is 11.1. The van der Waals surface area contributed by atoms with Crippen molar-refractivity contribution in [2.24, 2.45) is 16.0 Å². The van der Waals surface area contributed by atoms with Crippen molar-refractivity contribution in [3.8, 4) is 22.5 Å². The minimum Gasteiger partial charge on any atom is -0.374 e. The van der Waals surface area contributed by atoms with Crippen LogP contribution in [0, 0.1) is 0 Å². The second-order valence-corrected chi connectivity index (χ2v) is 7.59. The van der Waals surface area contributed by atoms with Crippen LogP contribution in [0.2, 0.25) is 10.0 Å². The van der Waals surface area contributed by atoms with E-state index in [-0.39, 0.29) is 5.11 Å². The lowest BCUT2D eigenvalue weighted by molar-refractivity contribution is 0.951. The van der Waals surface area contributed by atoms with Gasteiger partial charge in [0, 0.05) is 16.1 Å². The van der Waals surface area contributed by atoms with Gasteiger partial charge in [-0.15, -0.1) is 10.2 Å². The van der Waals surface area contributed by atoms with Gasteiger partial charge in [-0.1, -0.05) is 83.9 Å². The first-order valence-corrected chi connectivity index (χ1v) is 10.1. The van der Waals surface area contributed by atoms with Gasteiger partial charge in [0.25, 0.3) is 0 Å². The molecule has 0 fully saturated rings. The maximum Gasteiger partial charge on any atom is 0.191 e. The average Bonchev–Trinajstić information content (AvgIpc) is 3.15. The Labute approximate surface area is 188 Å². The molecule has 0 atom stereocenters. The topological polar surface area (TPSA) is 68.6 Å². The highest BCUT2D eigenvalue weighted by molar-refractivity contribution is 7.80. The molecule has 0 bridgehead atoms. The molecule has 4 aromatic rings. The Morgan fingerprint density at radius 2 is 1.50 bits per heavy atom. The highest BCUT2D eigenvalue weighted by atomic mass is 35.5. The van der Waals surface area contributed by atoms with E-state index in [1.165, 1.54) is 4.68 Å². The van der Waals surface area contributed by atoms with Crippen molar-refractivity contribution < 1.29 is 0 Å². The molecule has 0 amide bonds. The molecule has 0 saturated carbocycles. The van der Waals surface area contributed by atoms with Gasteiger partial charge in [0.15, 0.2) is 5.11 Å². The summed E-state index contributed by atoms with van der Waals surface area (Å²) in [6, 6.07) is 24.3. The van der Waals surface area contributed by atoms with Crippen molar-refractivity contribution in [1.82, 2.24) is 9.78 Å². The van der Waals surface area contributed by atoms with Crippen LogP contribution < -0.4 is 5.73 Å². The molecule has 0 unspecified atom stereocenters. The van der Waals surface area contributed by atoms with Gasteiger partial charge < -0.3 is 5.73 Å². The third-order valence-electron chi connectivity index (χ3n) is 4.33. The maximum absolute atomic E-state index is 6.26. The van der Waals surface area contributed by atoms with Crippen molar-refractivity contribution in [2.75, 3.05) is 0 Å². The Bertz CT molecular complexity index is 1240. The number of halogens is 2. The molecule has 0 aliphatic heterocycles. The number of nitrogens with two attached hydrogens (primary N) is 1. The van der Waals surface area contributed by atoms with Gasteiger partial charge >= 0.3 is 0 Å². The smallest absolute Gasteiger partial charge is 0.191 e. The van der Waals surface area contributed by atoms with Gasteiger partial charge in [-0.2, -0.15) is 5.10 Å². The molecular formula is C22H15Cl2N5S. The van der Waals surface area contributed by atoms with Crippen LogP contribution in [-0.4, -0.2) is 14.9 Å². The van der Waals surface area contributed by atoms with Crippen molar-refractivity contribution in [3.05, 3.63) is 88.9 Å². The van der Waals surface area contributed by atoms with Gasteiger partial charge in [0.2, 0.25) is 0 Å². The lowest BCUT2D eigenvalue weighted by Crippen LogP contribution is -2.21. The molecule has 148 valence electrons. The van der Waals surface area contributed by atoms with Crippen molar-refractivity contribution in [2.45, 2.75) is 0 Å². The van der Waals surface area contributed by atoms with Crippen LogP contribution in [-0.2, 0) is 0 Å². The van der Waals surface area contributed by atoms with E-state index in [1.54, 1.807) is 18.2 Å². The molecule has 0 saturated heterocycles. The monoisotopic (exact) mass is 451 g/mol. The van der Waals surface area contributed by atoms with E-state index < -0.39 is 0 Å². The molecule has 0 radical (unpaired) electrons. The van der Waals surface area contributed by atoms with E-state index in [0.29, 0.717) is 32.8 Å². The molecular weight excluding hydrogens is 437 g/mol. The first-order valence-electron chi connectivity index (χ1n) is 8.95. The summed E-state index contributed by atoms with van der Waals surface area (Å²) in [4.78, 5) is 0. The SMILES string of the molecule is NC(=S)n1nc(-c2ccccc2)c(N=Nc2cc(Cl)ccc2Cl)c1-c1ccccc1. The fourth-order valence-electron chi connectivity index (χ4n) is 2.98. The molecule has 2 N–H and O–H groups in total. The zero-order valence-corrected chi connectivity index (χ0v) is 17.9. The van der Waals surface area contributed by atoms with Crippen LogP contribution >= 0.6 is 35.4 Å². The summed E-state index contributed by atoms with van der Waals surface area (Å²) in [5.74, 6) is 0. The molecule has 30 heavy (non-hydrogen) atoms. The Hall–Kier alpha value is -3.06. The standard InChI is InChI=1S/C22H15Cl2N5S/c23-16-11-12-17(24)18(13-16)26-27-20-19(14-7-3-1-4-8-14)28-29(22(25)30)21(20)15-9-5-2-6-10-15/h1-13H,(H2,25,30). The first kappa shape index (κ1) is 20.2. The summed E-state index contributed by atoms with van der Waals surface area (Å²) in [5, 5.41) is 14.6. The number of nitrogens with zero attached hydrogens (tertiary/aromatic N) is 4. The summed E-state index contributed by atoms with van der Waals surface area (Å²) >= 11 is 17.6. The lowest BCUT2D eigenvalue weighted by atomic mass is 10.1. The fraction of sp³-hybridized carbons (Fsp3) is 0. The highest BCUT2D eigenvalue weighted by Gasteiger charge is 2.22. The fourth-order valence-corrected chi connectivity index (χ4v) is 3.43. The van der Waals surface area contributed by atoms with Crippen LogP contribution in [0.3, 0.4) is 0 Å². The number of benzene rings is 3. The summed E-state index contributed by atoms with van der Waals surface area (Å²) in [5.41, 5.74) is 9.91. The summed E-state index contributed by atoms with van der Waals surface area (Å²) in [7, 11) is 0. The Morgan fingerprint density at radius 3 is 2.13 bits per heavy atom. The van der Waals surface area contributed by atoms with Crippen LogP contribution in [0.5, 0.6) is 0 Å². The van der Waals surface area contributed by atoms with Crippen LogP contribution in [0.15, 0.2) is 89.1 Å². The first-order chi connectivity index (χ1) is 14.5. The van der Waals surface area contributed by atoms with Gasteiger partial charge in [-0.25, -0.2) is 4.68 Å². The number of hydrogen-bond donors (Lipinski definition) is 1. The van der Waals surface area contributed by atoms with Gasteiger partial charge in [0.1, 0.15) is 22.8 Å². The van der Waals surface area contributed by atoms with E-state index in [1.807, 2.05) is 60.7 Å². The lowest BCUT2D eigenvalue weighted by Gasteiger charge is -2.06. The number of thiocarbonyl (C=S) groups is 1. The van der Waals surface area contributed by atoms with Crippen molar-refractivity contribution in [1.29, 1.82) is 0 Å². The molecule has 5 nitrogen and oxygen atoms in total. The zero-order chi connectivity index (χ0) is 21.1. The highest BCUT2D eigenvalue weighted by Crippen LogP contribution is 2.40. The molecule has 1 aromatic heterocycles. The van der Waals surface area contributed by atoms with E-state index in [9.17, 15) is 0 Å². The number of hydrogen-bond acceptors (Lipinski definition) is 4. The van der Waals surface area contributed by atoms with E-state index >= 15 is 0 Å². The molecule has 0 aliphatic rings. The van der Waals surface area contributed by atoms with Crippen LogP contribution in [0.1, 0.15) is 0 Å². The van der Waals surface area contributed by atoms with Crippen molar-refractivity contribution in [3.63, 3.8) is 0 Å². The zero-order valence-electron chi connectivity index (χ0n) is 15.5. The number of azo groups is 1. The molecule has 0 spiro atoms. The largest absolute Gasteiger partial charge is 0.374 e. The predicted octanol–water partition coefficient (Wildman–Crippen LogP) is 7.03. The van der Waals surface area contributed by atoms with Crippen molar-refractivity contribution >= 4 is 51.9 Å². The van der Waals surface area contributed by atoms with E-state index in [4.69, 9.17) is 41.2 Å². The maximum atomic E-state index is 6.26. The molecule has 0 aliphatic carbocycles. The molecule has 4 rings (SSSR count). The van der Waals surface area contributed by atoms with Gasteiger partial charge in [0.05, 0.1) is 5.02 Å². The minimum absolute atomic E-state index is 0.105. The molecule has 1 heterocycles. The summed E-state index contributed by atoms with van der Waals surface area (Å²) in [6.45, 7) is 0. The summed E-state index contributed by atoms with van der Waals surface area (Å²) < 4.78 is 1.50. The molecule has 8 heteroatoms. The number of aromatic nitrogens is 2. The van der Waals surface area contributed by atoms with Crippen LogP contribution in [0.25, 0.3) is 22.5 Å². The second-order valence-electron chi connectivity index (χ2n) is 6.32.